The summed E-state index contributed by atoms with van der Waals surface area (Å²) in [5, 5.41) is 0. The Morgan fingerprint density at radius 3 is 0.200 bits per heavy atom. The summed E-state index contributed by atoms with van der Waals surface area (Å²) < 4.78 is 0. The van der Waals surface area contributed by atoms with E-state index in [1.807, 2.05) is 0 Å². The molecule has 10 heavy (non-hydrogen) atoms. The molecule has 10 heteroatoms. The van der Waals surface area contributed by atoms with Gasteiger partial charge in [0.2, 0.25) is 0 Å². The summed E-state index contributed by atoms with van der Waals surface area (Å²) in [5.74, 6) is 0. The van der Waals surface area contributed by atoms with Crippen molar-refractivity contribution >= 4 is 0 Å². The van der Waals surface area contributed by atoms with Gasteiger partial charge in [0, 0.05) is 0 Å². The van der Waals surface area contributed by atoms with Crippen molar-refractivity contribution in [1.82, 2.24) is 0 Å². The van der Waals surface area contributed by atoms with Crippen LogP contribution in [0.25, 0.3) is 0 Å². The molecule has 0 saturated carbocycles. The molecule has 0 fully saturated rings. The molecule has 0 saturated heterocycles. The van der Waals surface area contributed by atoms with E-state index >= 15 is 0 Å². The van der Waals surface area contributed by atoms with E-state index in [0.29, 0.717) is 0 Å². The van der Waals surface area contributed by atoms with E-state index in [9.17, 15) is 0 Å². The number of hydrogen-bond acceptors (Lipinski definition) is 0. The van der Waals surface area contributed by atoms with Crippen molar-refractivity contribution in [3.63, 3.8) is 0 Å². The maximum atomic E-state index is 0. The minimum atomic E-state index is 0. The van der Waals surface area contributed by atoms with Gasteiger partial charge in [-0.05, 0) is 0 Å². The SMILES string of the molecule is [O-2].[O-2].[O-2].[O-2].[O-2].[O-2].[Pr+3].[Pr+3].[Pr+3].[Pr+3]. The number of hydrogen-bond donors (Lipinski definition) is 0. The van der Waals surface area contributed by atoms with Crippen LogP contribution in [-0.2, 0) is 32.9 Å². The Kier molecular flexibility index (Phi) is 1030. The third-order valence-electron chi connectivity index (χ3n) is 0. The van der Waals surface area contributed by atoms with Gasteiger partial charge in [-0.15, -0.1) is 0 Å². The van der Waals surface area contributed by atoms with Crippen molar-refractivity contribution in [2.75, 3.05) is 0 Å². The summed E-state index contributed by atoms with van der Waals surface area (Å²) in [7, 11) is 0. The summed E-state index contributed by atoms with van der Waals surface area (Å²) in [6, 6.07) is 0. The van der Waals surface area contributed by atoms with Crippen LogP contribution in [0.4, 0.5) is 0 Å². The van der Waals surface area contributed by atoms with E-state index in [1.165, 1.54) is 0 Å². The first-order valence-corrected chi connectivity index (χ1v) is 0. The molecule has 0 amide bonds. The number of rotatable bonds is 0. The third kappa shape index (κ3) is 72.5. The van der Waals surface area contributed by atoms with Crippen LogP contribution in [0.1, 0.15) is 0 Å². The van der Waals surface area contributed by atoms with Crippen molar-refractivity contribution in [2.24, 2.45) is 0 Å². The maximum Gasteiger partial charge on any atom is 3.00 e. The zero-order chi connectivity index (χ0) is 0. The average molecular weight is 660 g/mol. The normalized spacial score (nSPS) is 0. The van der Waals surface area contributed by atoms with Crippen LogP contribution in [0, 0.1) is 165 Å². The van der Waals surface area contributed by atoms with Crippen LogP contribution in [0.15, 0.2) is 0 Å². The van der Waals surface area contributed by atoms with E-state index in [0.717, 1.165) is 0 Å². The topological polar surface area (TPSA) is 171 Å². The monoisotopic (exact) mass is 660 g/mol. The third-order valence-corrected chi connectivity index (χ3v) is 0. The van der Waals surface area contributed by atoms with Crippen molar-refractivity contribution < 1.29 is 198 Å². The molecule has 0 unspecified atom stereocenters. The first kappa shape index (κ1) is 113. The van der Waals surface area contributed by atoms with E-state index in [-0.39, 0.29) is 198 Å². The second-order valence-electron chi connectivity index (χ2n) is 0. The Hall–Kier alpha value is 5.21. The molecule has 0 aromatic carbocycles. The van der Waals surface area contributed by atoms with Gasteiger partial charge in [-0.25, -0.2) is 0 Å². The molecule has 0 atom stereocenters. The molecular weight excluding hydrogens is 660 g/mol. The minimum absolute atomic E-state index is 0. The molecule has 0 aromatic rings. The van der Waals surface area contributed by atoms with Crippen LogP contribution < -0.4 is 0 Å². The quantitative estimate of drug-likeness (QED) is 0.320. The average Bonchev–Trinajstić information content (AvgIpc) is 0. The molecule has 0 spiro atoms. The van der Waals surface area contributed by atoms with Crippen LogP contribution >= 0.6 is 0 Å². The van der Waals surface area contributed by atoms with E-state index in [1.54, 1.807) is 0 Å². The Morgan fingerprint density at radius 2 is 0.200 bits per heavy atom. The van der Waals surface area contributed by atoms with Gasteiger partial charge in [0.05, 0.1) is 0 Å². The summed E-state index contributed by atoms with van der Waals surface area (Å²) in [6.45, 7) is 0. The first-order valence-electron chi connectivity index (χ1n) is 0. The van der Waals surface area contributed by atoms with Crippen LogP contribution in [-0.4, -0.2) is 0 Å². The maximum absolute atomic E-state index is 0. The van der Waals surface area contributed by atoms with Gasteiger partial charge >= 0.3 is 165 Å². The standard InChI is InChI=1S/6O.4Pr/q6*-2;4*+3. The molecule has 0 aliphatic rings. The fourth-order valence-corrected chi connectivity index (χ4v) is 0. The van der Waals surface area contributed by atoms with Crippen molar-refractivity contribution in [2.45, 2.75) is 0 Å². The van der Waals surface area contributed by atoms with Gasteiger partial charge < -0.3 is 32.9 Å². The minimum Gasteiger partial charge on any atom is -2.00 e. The molecule has 0 aliphatic heterocycles. The fourth-order valence-electron chi connectivity index (χ4n) is 0. The van der Waals surface area contributed by atoms with Crippen LogP contribution in [0.5, 0.6) is 0 Å². The Labute approximate surface area is 192 Å². The molecule has 0 rings (SSSR count). The van der Waals surface area contributed by atoms with E-state index < -0.39 is 0 Å². The summed E-state index contributed by atoms with van der Waals surface area (Å²) in [6.07, 6.45) is 0. The molecule has 0 heterocycles. The summed E-state index contributed by atoms with van der Waals surface area (Å²) >= 11 is 0. The molecule has 0 N–H and O–H groups in total. The van der Waals surface area contributed by atoms with E-state index in [2.05, 4.69) is 0 Å². The molecule has 48 valence electrons. The first-order chi connectivity index (χ1) is 0. The molecule has 0 bridgehead atoms. The molecule has 6 nitrogen and oxygen atoms in total. The predicted octanol–water partition coefficient (Wildman–Crippen LogP) is -0.713. The van der Waals surface area contributed by atoms with Crippen LogP contribution in [0.2, 0.25) is 0 Å². The van der Waals surface area contributed by atoms with Crippen LogP contribution in [0.3, 0.4) is 0 Å². The smallest absolute Gasteiger partial charge is 2.00 e. The Bertz CT molecular complexity index is 9.71. The van der Waals surface area contributed by atoms with Gasteiger partial charge in [-0.2, -0.15) is 0 Å². The predicted molar refractivity (Wildman–Crippen MR) is 4.12 cm³/mol. The summed E-state index contributed by atoms with van der Waals surface area (Å²) in [5.41, 5.74) is 0. The molecule has 0 aliphatic carbocycles. The van der Waals surface area contributed by atoms with Crippen molar-refractivity contribution in [3.8, 4) is 0 Å². The van der Waals surface area contributed by atoms with Gasteiger partial charge in [-0.3, -0.25) is 0 Å². The fraction of sp³-hybridized carbons (Fsp3) is 0. The summed E-state index contributed by atoms with van der Waals surface area (Å²) in [4.78, 5) is 0. The van der Waals surface area contributed by atoms with Gasteiger partial charge in [-0.1, -0.05) is 0 Å². The zero-order valence-electron chi connectivity index (χ0n) is 4.76. The molecule has 0 radical (unpaired) electrons. The zero-order valence-corrected chi connectivity index (χ0v) is 19.6. The second kappa shape index (κ2) is 91.3. The van der Waals surface area contributed by atoms with Gasteiger partial charge in [0.1, 0.15) is 0 Å². The van der Waals surface area contributed by atoms with Crippen molar-refractivity contribution in [1.29, 1.82) is 0 Å². The molecular formula is O6Pr4. The Balaban J connectivity index is 0. The van der Waals surface area contributed by atoms with E-state index in [4.69, 9.17) is 0 Å². The van der Waals surface area contributed by atoms with Gasteiger partial charge in [0.25, 0.3) is 0 Å². The van der Waals surface area contributed by atoms with Crippen molar-refractivity contribution in [3.05, 3.63) is 0 Å². The molecule has 0 aromatic heterocycles. The Morgan fingerprint density at radius 1 is 0.200 bits per heavy atom. The second-order valence-corrected chi connectivity index (χ2v) is 0. The largest absolute Gasteiger partial charge is 3.00 e. The van der Waals surface area contributed by atoms with Gasteiger partial charge in [0.15, 0.2) is 0 Å².